The molecule has 194 valence electrons. The second kappa shape index (κ2) is 10.6. The monoisotopic (exact) mass is 509 g/mol. The lowest BCUT2D eigenvalue weighted by molar-refractivity contribution is -0.222. The summed E-state index contributed by atoms with van der Waals surface area (Å²) in [6.45, 7) is 1.85. The molecule has 0 bridgehead atoms. The first-order valence-electron chi connectivity index (χ1n) is 11.8. The molecule has 2 aliphatic heterocycles. The highest BCUT2D eigenvalue weighted by molar-refractivity contribution is 5.89. The van der Waals surface area contributed by atoms with E-state index in [2.05, 4.69) is 6.07 Å². The summed E-state index contributed by atoms with van der Waals surface area (Å²) in [5.41, 5.74) is 8.25. The van der Waals surface area contributed by atoms with Crippen molar-refractivity contribution in [3.8, 4) is 6.07 Å². The molecule has 2 aromatic carbocycles. The van der Waals surface area contributed by atoms with Crippen molar-refractivity contribution in [1.29, 1.82) is 5.26 Å². The van der Waals surface area contributed by atoms with Gasteiger partial charge in [-0.25, -0.2) is 14.4 Å². The summed E-state index contributed by atoms with van der Waals surface area (Å²) in [5, 5.41) is 29.9. The molecule has 11 heteroatoms. The van der Waals surface area contributed by atoms with Crippen LogP contribution in [0.2, 0.25) is 0 Å². The van der Waals surface area contributed by atoms with Crippen molar-refractivity contribution in [3.05, 3.63) is 64.7 Å². The number of anilines is 1. The number of benzene rings is 2. The maximum absolute atomic E-state index is 12.5. The molecule has 1 spiro atoms. The molecule has 2 heterocycles. The number of hydrogen-bond donors (Lipinski definition) is 3. The molecule has 2 aliphatic rings. The minimum absolute atomic E-state index is 0.0204. The van der Waals surface area contributed by atoms with Gasteiger partial charge in [0.1, 0.15) is 6.07 Å². The van der Waals surface area contributed by atoms with E-state index in [1.54, 1.807) is 42.5 Å². The van der Waals surface area contributed by atoms with Crippen LogP contribution in [0.1, 0.15) is 40.4 Å². The van der Waals surface area contributed by atoms with Crippen LogP contribution in [0.5, 0.6) is 0 Å². The van der Waals surface area contributed by atoms with Gasteiger partial charge in [0.2, 0.25) is 0 Å². The Morgan fingerprint density at radius 1 is 1.22 bits per heavy atom. The third kappa shape index (κ3) is 5.27. The summed E-state index contributed by atoms with van der Waals surface area (Å²) < 4.78 is 16.3. The molecule has 0 aromatic heterocycles. The Morgan fingerprint density at radius 2 is 1.86 bits per heavy atom. The number of carbonyl (C=O) groups is 3. The Bertz CT molecular complexity index is 1220. The average Bonchev–Trinajstić information content (AvgIpc) is 3.13. The van der Waals surface area contributed by atoms with E-state index < -0.39 is 36.0 Å². The van der Waals surface area contributed by atoms with E-state index in [0.29, 0.717) is 23.2 Å². The largest absolute Gasteiger partial charge is 0.462 e. The molecule has 0 saturated carbocycles. The van der Waals surface area contributed by atoms with Gasteiger partial charge >= 0.3 is 23.8 Å². The number of esters is 3. The minimum Gasteiger partial charge on any atom is -0.462 e. The summed E-state index contributed by atoms with van der Waals surface area (Å²) in [4.78, 5) is 38.8. The number of hydrogen-bond acceptors (Lipinski definition) is 11. The number of nitrogens with two attached hydrogens (primary N) is 1. The van der Waals surface area contributed by atoms with Gasteiger partial charge in [0.15, 0.2) is 12.2 Å². The zero-order valence-electron chi connectivity index (χ0n) is 20.1. The molecule has 0 amide bonds. The van der Waals surface area contributed by atoms with Crippen molar-refractivity contribution >= 4 is 23.6 Å². The van der Waals surface area contributed by atoms with Crippen LogP contribution in [0.4, 0.5) is 5.69 Å². The van der Waals surface area contributed by atoms with E-state index in [1.807, 2.05) is 6.92 Å². The smallest absolute Gasteiger partial charge is 0.347 e. The Balaban J connectivity index is 1.64. The first kappa shape index (κ1) is 26.1. The minimum atomic E-state index is -2.13. The lowest BCUT2D eigenvalue weighted by Gasteiger charge is -2.37. The Hall–Kier alpha value is -3.98. The molecule has 11 nitrogen and oxygen atoms in total. The Morgan fingerprint density at radius 3 is 2.46 bits per heavy atom. The zero-order valence-corrected chi connectivity index (χ0v) is 20.1. The van der Waals surface area contributed by atoms with Gasteiger partial charge in [-0.3, -0.25) is 4.90 Å². The summed E-state index contributed by atoms with van der Waals surface area (Å²) >= 11 is 0. The van der Waals surface area contributed by atoms with Crippen molar-refractivity contribution in [1.82, 2.24) is 0 Å². The van der Waals surface area contributed by atoms with Crippen LogP contribution in [0.25, 0.3) is 0 Å². The van der Waals surface area contributed by atoms with Crippen LogP contribution in [0, 0.1) is 11.3 Å². The number of ether oxygens (including phenoxy) is 3. The predicted octanol–water partition coefficient (Wildman–Crippen LogP) is 0.533. The maximum atomic E-state index is 12.5. The van der Waals surface area contributed by atoms with E-state index in [0.717, 1.165) is 5.56 Å². The number of fused-ring (bicyclic) bond motifs is 1. The van der Waals surface area contributed by atoms with Crippen LogP contribution in [0.15, 0.2) is 42.5 Å². The third-order valence-corrected chi connectivity index (χ3v) is 6.09. The highest BCUT2D eigenvalue weighted by Crippen LogP contribution is 2.44. The van der Waals surface area contributed by atoms with E-state index in [4.69, 9.17) is 19.9 Å². The normalized spacial score (nSPS) is 23.5. The SMILES string of the molecule is C[C@H](N)Cc1cc(C#N)c2c(c1)CC1(OC(=O)C(O)C(O)C(=O)O1)N2CCCOC(=O)c1ccccc1. The Kier molecular flexibility index (Phi) is 7.45. The molecular formula is C26H27N3O8. The summed E-state index contributed by atoms with van der Waals surface area (Å²) in [5.74, 6) is -5.06. The molecule has 2 aromatic rings. The van der Waals surface area contributed by atoms with Crippen LogP contribution < -0.4 is 10.6 Å². The lowest BCUT2D eigenvalue weighted by atomic mass is 9.99. The van der Waals surface area contributed by atoms with Crippen LogP contribution in [-0.4, -0.2) is 65.4 Å². The molecule has 37 heavy (non-hydrogen) atoms. The first-order chi connectivity index (χ1) is 17.6. The Labute approximate surface area is 212 Å². The van der Waals surface area contributed by atoms with Crippen molar-refractivity contribution in [2.75, 3.05) is 18.1 Å². The topological polar surface area (TPSA) is 172 Å². The second-order valence-electron chi connectivity index (χ2n) is 9.07. The number of aliphatic hydroxyl groups is 2. The van der Waals surface area contributed by atoms with Gasteiger partial charge in [-0.1, -0.05) is 24.3 Å². The van der Waals surface area contributed by atoms with Gasteiger partial charge in [-0.2, -0.15) is 5.26 Å². The summed E-state index contributed by atoms with van der Waals surface area (Å²) in [6, 6.07) is 13.8. The van der Waals surface area contributed by atoms with Crippen LogP contribution >= 0.6 is 0 Å². The van der Waals surface area contributed by atoms with Crippen LogP contribution in [0.3, 0.4) is 0 Å². The summed E-state index contributed by atoms with van der Waals surface area (Å²) in [7, 11) is 0. The van der Waals surface area contributed by atoms with Gasteiger partial charge in [-0.05, 0) is 49.1 Å². The quantitative estimate of drug-likeness (QED) is 0.351. The number of carbonyl (C=O) groups excluding carboxylic acids is 3. The number of rotatable bonds is 7. The van der Waals surface area contributed by atoms with E-state index in [1.165, 1.54) is 4.90 Å². The van der Waals surface area contributed by atoms with E-state index in [-0.39, 0.29) is 37.6 Å². The maximum Gasteiger partial charge on any atom is 0.347 e. The van der Waals surface area contributed by atoms with Gasteiger partial charge in [0.25, 0.3) is 0 Å². The standard InChI is InChI=1S/C26H27N3O8/c1-15(28)10-16-11-18-13-26(36-24(33)21(30)22(31)25(34)37-26)29(20(18)19(12-16)14-27)8-5-9-35-23(32)17-6-3-2-4-7-17/h2-4,6-7,11-12,15,21-22,30-31H,5,8-10,13,28H2,1H3/t15-,21?,22?,26?/m0/s1. The fraction of sp³-hybridized carbons (Fsp3) is 0.385. The third-order valence-electron chi connectivity index (χ3n) is 6.09. The van der Waals surface area contributed by atoms with E-state index >= 15 is 0 Å². The fourth-order valence-corrected chi connectivity index (χ4v) is 4.52. The van der Waals surface area contributed by atoms with Gasteiger partial charge < -0.3 is 30.2 Å². The van der Waals surface area contributed by atoms with Crippen LogP contribution in [-0.2, 0) is 36.6 Å². The lowest BCUT2D eigenvalue weighted by Crippen LogP contribution is -2.53. The van der Waals surface area contributed by atoms with Crippen molar-refractivity contribution in [2.45, 2.75) is 50.3 Å². The first-order valence-corrected chi connectivity index (χ1v) is 11.8. The van der Waals surface area contributed by atoms with Gasteiger partial charge in [-0.15, -0.1) is 0 Å². The highest BCUT2D eigenvalue weighted by Gasteiger charge is 2.56. The second-order valence-corrected chi connectivity index (χ2v) is 9.07. The molecule has 0 aliphatic carbocycles. The number of nitriles is 1. The molecule has 4 rings (SSSR count). The molecular weight excluding hydrogens is 482 g/mol. The molecule has 4 N–H and O–H groups in total. The van der Waals surface area contributed by atoms with Gasteiger partial charge in [0.05, 0.1) is 29.8 Å². The number of nitrogens with zero attached hydrogens (tertiary/aromatic N) is 2. The number of aliphatic hydroxyl groups excluding tert-OH is 2. The van der Waals surface area contributed by atoms with Crippen molar-refractivity contribution in [2.24, 2.45) is 5.73 Å². The average molecular weight is 510 g/mol. The van der Waals surface area contributed by atoms with E-state index in [9.17, 15) is 29.9 Å². The molecule has 3 atom stereocenters. The van der Waals surface area contributed by atoms with Crippen molar-refractivity contribution in [3.63, 3.8) is 0 Å². The molecule has 2 unspecified atom stereocenters. The van der Waals surface area contributed by atoms with Gasteiger partial charge in [0, 0.05) is 12.6 Å². The highest BCUT2D eigenvalue weighted by atomic mass is 16.8. The fourth-order valence-electron chi connectivity index (χ4n) is 4.52. The van der Waals surface area contributed by atoms with Crippen molar-refractivity contribution < 1.29 is 38.8 Å². The molecule has 1 saturated heterocycles. The molecule has 1 fully saturated rings. The zero-order chi connectivity index (χ0) is 26.7. The summed E-state index contributed by atoms with van der Waals surface area (Å²) in [6.07, 6.45) is -3.72. The molecule has 0 radical (unpaired) electrons. The predicted molar refractivity (Wildman–Crippen MR) is 128 cm³/mol.